The van der Waals surface area contributed by atoms with Crippen LogP contribution in [0.15, 0.2) is 30.3 Å². The molecule has 1 aromatic rings. The van der Waals surface area contributed by atoms with E-state index >= 15 is 0 Å². The van der Waals surface area contributed by atoms with Gasteiger partial charge in [-0.15, -0.1) is 0 Å². The zero-order chi connectivity index (χ0) is 18.0. The summed E-state index contributed by atoms with van der Waals surface area (Å²) in [5, 5.41) is 18.9. The molecule has 1 heterocycles. The summed E-state index contributed by atoms with van der Waals surface area (Å²) in [5.74, 6) is 0. The normalized spacial score (nSPS) is 20.2. The largest absolute Gasteiger partial charge is 0.394 e. The van der Waals surface area contributed by atoms with Gasteiger partial charge in [-0.2, -0.15) is 0 Å². The third kappa shape index (κ3) is 6.37. The second-order valence-electron chi connectivity index (χ2n) is 7.10. The summed E-state index contributed by atoms with van der Waals surface area (Å²) in [6.07, 6.45) is 8.83. The fourth-order valence-corrected chi connectivity index (χ4v) is 3.42. The zero-order valence-corrected chi connectivity index (χ0v) is 15.5. The molecule has 25 heavy (non-hydrogen) atoms. The van der Waals surface area contributed by atoms with Crippen molar-refractivity contribution in [2.24, 2.45) is 0 Å². The summed E-state index contributed by atoms with van der Waals surface area (Å²) >= 11 is 0. The monoisotopic (exact) mass is 350 g/mol. The van der Waals surface area contributed by atoms with Gasteiger partial charge in [0.1, 0.15) is 17.8 Å². The molecule has 0 amide bonds. The Labute approximate surface area is 152 Å². The highest BCUT2D eigenvalue weighted by Crippen LogP contribution is 2.42. The lowest BCUT2D eigenvalue weighted by molar-refractivity contribution is -0.112. The van der Waals surface area contributed by atoms with Crippen LogP contribution in [0, 0.1) is 0 Å². The van der Waals surface area contributed by atoms with Crippen LogP contribution in [0.2, 0.25) is 0 Å². The second-order valence-corrected chi connectivity index (χ2v) is 7.10. The first-order valence-electron chi connectivity index (χ1n) is 9.83. The van der Waals surface area contributed by atoms with E-state index in [9.17, 15) is 5.11 Å². The average Bonchev–Trinajstić information content (AvgIpc) is 3.49. The summed E-state index contributed by atoms with van der Waals surface area (Å²) in [4.78, 5) is 0. The van der Waals surface area contributed by atoms with E-state index < -0.39 is 11.7 Å². The van der Waals surface area contributed by atoms with Crippen molar-refractivity contribution >= 4 is 0 Å². The molecule has 142 valence electrons. The molecule has 1 aliphatic rings. The smallest absolute Gasteiger partial charge is 0.122 e. The Morgan fingerprint density at radius 2 is 1.76 bits per heavy atom. The molecule has 2 rings (SSSR count). The quantitative estimate of drug-likeness (QED) is 0.396. The van der Waals surface area contributed by atoms with E-state index in [4.69, 9.17) is 14.6 Å². The van der Waals surface area contributed by atoms with Crippen LogP contribution in [0.3, 0.4) is 0 Å². The minimum atomic E-state index is -0.851. The minimum Gasteiger partial charge on any atom is -0.394 e. The Morgan fingerprint density at radius 3 is 2.36 bits per heavy atom. The predicted octanol–water partition coefficient (Wildman–Crippen LogP) is 3.79. The zero-order valence-electron chi connectivity index (χ0n) is 15.5. The van der Waals surface area contributed by atoms with E-state index in [1.807, 2.05) is 18.2 Å². The first-order valence-corrected chi connectivity index (χ1v) is 9.83. The van der Waals surface area contributed by atoms with Gasteiger partial charge in [0.15, 0.2) is 0 Å². The number of unbranched alkanes of at least 4 members (excludes halogenated alkanes) is 6. The van der Waals surface area contributed by atoms with Crippen LogP contribution in [-0.4, -0.2) is 42.2 Å². The number of hydrogen-bond donors (Lipinski definition) is 2. The SMILES string of the molecule is CCCCCCCCCC(OCC(O)CO)(c1ccccc1)C1CO1. The maximum absolute atomic E-state index is 9.75. The molecule has 0 spiro atoms. The highest BCUT2D eigenvalue weighted by atomic mass is 16.6. The lowest BCUT2D eigenvalue weighted by atomic mass is 9.85. The Balaban J connectivity index is 1.96. The first kappa shape index (κ1) is 20.4. The van der Waals surface area contributed by atoms with Crippen molar-refractivity contribution in [1.82, 2.24) is 0 Å². The van der Waals surface area contributed by atoms with Crippen LogP contribution in [0.25, 0.3) is 0 Å². The third-order valence-electron chi connectivity index (χ3n) is 5.01. The van der Waals surface area contributed by atoms with Gasteiger partial charge in [0.25, 0.3) is 0 Å². The molecule has 3 unspecified atom stereocenters. The summed E-state index contributed by atoms with van der Waals surface area (Å²) in [6.45, 7) is 2.78. The number of benzene rings is 1. The van der Waals surface area contributed by atoms with Crippen LogP contribution >= 0.6 is 0 Å². The molecule has 4 heteroatoms. The molecule has 0 radical (unpaired) electrons. The number of epoxide rings is 1. The number of hydrogen-bond acceptors (Lipinski definition) is 4. The molecule has 0 saturated carbocycles. The van der Waals surface area contributed by atoms with Crippen molar-refractivity contribution in [1.29, 1.82) is 0 Å². The summed E-state index contributed by atoms with van der Waals surface area (Å²) in [7, 11) is 0. The Morgan fingerprint density at radius 1 is 1.12 bits per heavy atom. The molecule has 1 saturated heterocycles. The van der Waals surface area contributed by atoms with E-state index in [-0.39, 0.29) is 19.3 Å². The number of aliphatic hydroxyl groups excluding tert-OH is 2. The molecular formula is C21H34O4. The molecular weight excluding hydrogens is 316 g/mol. The van der Waals surface area contributed by atoms with Crippen molar-refractivity contribution in [3.05, 3.63) is 35.9 Å². The van der Waals surface area contributed by atoms with Crippen LogP contribution in [-0.2, 0) is 15.1 Å². The van der Waals surface area contributed by atoms with Crippen LogP contribution in [0.1, 0.15) is 63.9 Å². The van der Waals surface area contributed by atoms with Crippen molar-refractivity contribution in [2.45, 2.75) is 76.1 Å². The van der Waals surface area contributed by atoms with Gasteiger partial charge in [-0.3, -0.25) is 0 Å². The average molecular weight is 350 g/mol. The standard InChI is InChI=1S/C21H34O4/c1-2-3-4-5-6-7-11-14-21(20-17-24-20,25-16-19(23)15-22)18-12-9-8-10-13-18/h8-10,12-13,19-20,22-23H,2-7,11,14-17H2,1H3. The maximum atomic E-state index is 9.75. The summed E-state index contributed by atoms with van der Waals surface area (Å²) < 4.78 is 11.8. The van der Waals surface area contributed by atoms with Gasteiger partial charge in [0, 0.05) is 0 Å². The fourth-order valence-electron chi connectivity index (χ4n) is 3.42. The number of aliphatic hydroxyl groups is 2. The van der Waals surface area contributed by atoms with Gasteiger partial charge in [0.2, 0.25) is 0 Å². The molecule has 1 fully saturated rings. The van der Waals surface area contributed by atoms with E-state index in [1.54, 1.807) is 0 Å². The highest BCUT2D eigenvalue weighted by molar-refractivity contribution is 5.26. The molecule has 1 aromatic carbocycles. The molecule has 0 aliphatic carbocycles. The number of rotatable bonds is 14. The third-order valence-corrected chi connectivity index (χ3v) is 5.01. The van der Waals surface area contributed by atoms with E-state index in [0.29, 0.717) is 6.61 Å². The van der Waals surface area contributed by atoms with E-state index in [2.05, 4.69) is 19.1 Å². The first-order chi connectivity index (χ1) is 12.2. The van der Waals surface area contributed by atoms with Crippen LogP contribution in [0.4, 0.5) is 0 Å². The van der Waals surface area contributed by atoms with Gasteiger partial charge in [0.05, 0.1) is 19.8 Å². The highest BCUT2D eigenvalue weighted by Gasteiger charge is 2.49. The van der Waals surface area contributed by atoms with Gasteiger partial charge in [-0.05, 0) is 12.0 Å². The van der Waals surface area contributed by atoms with Gasteiger partial charge >= 0.3 is 0 Å². The number of ether oxygens (including phenoxy) is 2. The molecule has 2 N–H and O–H groups in total. The van der Waals surface area contributed by atoms with Crippen molar-refractivity contribution in [2.75, 3.05) is 19.8 Å². The molecule has 0 bridgehead atoms. The Bertz CT molecular complexity index is 460. The van der Waals surface area contributed by atoms with Gasteiger partial charge in [-0.1, -0.05) is 82.2 Å². The Hall–Kier alpha value is -0.940. The Kier molecular flexibility index (Phi) is 8.90. The van der Waals surface area contributed by atoms with Crippen molar-refractivity contribution in [3.8, 4) is 0 Å². The van der Waals surface area contributed by atoms with Crippen molar-refractivity contribution < 1.29 is 19.7 Å². The summed E-state index contributed by atoms with van der Waals surface area (Å²) in [6, 6.07) is 10.2. The molecule has 3 atom stereocenters. The van der Waals surface area contributed by atoms with Crippen molar-refractivity contribution in [3.63, 3.8) is 0 Å². The van der Waals surface area contributed by atoms with Gasteiger partial charge in [-0.25, -0.2) is 0 Å². The van der Waals surface area contributed by atoms with E-state index in [1.165, 1.54) is 38.5 Å². The molecule has 4 nitrogen and oxygen atoms in total. The van der Waals surface area contributed by atoms with Gasteiger partial charge < -0.3 is 19.7 Å². The molecule has 1 aliphatic heterocycles. The van der Waals surface area contributed by atoms with E-state index in [0.717, 1.165) is 18.4 Å². The second kappa shape index (κ2) is 10.9. The minimum absolute atomic E-state index is 0.0425. The predicted molar refractivity (Wildman–Crippen MR) is 99.5 cm³/mol. The fraction of sp³-hybridized carbons (Fsp3) is 0.714. The summed E-state index contributed by atoms with van der Waals surface area (Å²) in [5.41, 5.74) is 0.592. The lowest BCUT2D eigenvalue weighted by Crippen LogP contribution is -2.39. The lowest BCUT2D eigenvalue weighted by Gasteiger charge is -2.34. The molecule has 0 aromatic heterocycles. The van der Waals surface area contributed by atoms with Crippen LogP contribution < -0.4 is 0 Å². The van der Waals surface area contributed by atoms with Crippen LogP contribution in [0.5, 0.6) is 0 Å². The maximum Gasteiger partial charge on any atom is 0.122 e. The topological polar surface area (TPSA) is 62.2 Å².